The highest BCUT2D eigenvalue weighted by Gasteiger charge is 2.33. The van der Waals surface area contributed by atoms with Crippen LogP contribution in [0.25, 0.3) is 0 Å². The summed E-state index contributed by atoms with van der Waals surface area (Å²) in [6.45, 7) is 1.63. The molecule has 0 spiro atoms. The Hall–Kier alpha value is -2.28. The molecule has 1 fully saturated rings. The van der Waals surface area contributed by atoms with Gasteiger partial charge in [-0.05, 0) is 37.6 Å². The second kappa shape index (κ2) is 6.01. The quantitative estimate of drug-likeness (QED) is 0.860. The van der Waals surface area contributed by atoms with Gasteiger partial charge in [0.1, 0.15) is 6.33 Å². The molecule has 2 N–H and O–H groups in total. The highest BCUT2D eigenvalue weighted by molar-refractivity contribution is 5.90. The molecule has 2 aromatic heterocycles. The van der Waals surface area contributed by atoms with Crippen molar-refractivity contribution in [1.29, 1.82) is 0 Å². The lowest BCUT2D eigenvalue weighted by Gasteiger charge is -2.25. The Kier molecular flexibility index (Phi) is 3.92. The molecular formula is C14H18N6O. The predicted octanol–water partition coefficient (Wildman–Crippen LogP) is 0.622. The van der Waals surface area contributed by atoms with Crippen LogP contribution < -0.4 is 5.32 Å². The van der Waals surface area contributed by atoms with Crippen molar-refractivity contribution < 1.29 is 4.79 Å². The number of hydrogen-bond acceptors (Lipinski definition) is 5. The number of aromatic nitrogens is 4. The monoisotopic (exact) mass is 286 g/mol. The van der Waals surface area contributed by atoms with Crippen LogP contribution in [0.4, 0.5) is 0 Å². The summed E-state index contributed by atoms with van der Waals surface area (Å²) in [6.07, 6.45) is 6.06. The van der Waals surface area contributed by atoms with Gasteiger partial charge in [-0.2, -0.15) is 5.10 Å². The molecule has 0 radical (unpaired) electrons. The molecule has 3 heterocycles. The fourth-order valence-electron chi connectivity index (χ4n) is 2.94. The molecule has 21 heavy (non-hydrogen) atoms. The van der Waals surface area contributed by atoms with E-state index < -0.39 is 0 Å². The molecule has 7 heteroatoms. The number of H-pyrrole nitrogens is 1. The smallest absolute Gasteiger partial charge is 0.288 e. The van der Waals surface area contributed by atoms with Gasteiger partial charge in [0.2, 0.25) is 5.82 Å². The van der Waals surface area contributed by atoms with Crippen LogP contribution in [-0.4, -0.2) is 51.1 Å². The average Bonchev–Trinajstić information content (AvgIpc) is 3.15. The van der Waals surface area contributed by atoms with Crippen molar-refractivity contribution in [2.45, 2.75) is 12.5 Å². The third kappa shape index (κ3) is 2.92. The summed E-state index contributed by atoms with van der Waals surface area (Å²) in [5.74, 6) is 0.400. The molecule has 1 aliphatic rings. The average molecular weight is 286 g/mol. The molecule has 0 aromatic carbocycles. The summed E-state index contributed by atoms with van der Waals surface area (Å²) >= 11 is 0. The second-order valence-corrected chi connectivity index (χ2v) is 5.30. The van der Waals surface area contributed by atoms with E-state index in [4.69, 9.17) is 0 Å². The standard InChI is InChI=1S/C14H18N6O/c1-20-6-4-11(12(20)10-3-2-5-15-7-10)8-16-14(21)13-17-9-18-19-13/h2-3,5,7,9,11-12H,4,6,8H2,1H3,(H,16,21)(H,17,18,19)/t11-,12-/m0/s1. The van der Waals surface area contributed by atoms with Crippen LogP contribution in [-0.2, 0) is 0 Å². The summed E-state index contributed by atoms with van der Waals surface area (Å²) in [6, 6.07) is 4.32. The number of likely N-dealkylation sites (tertiary alicyclic amines) is 1. The number of amides is 1. The third-order valence-electron chi connectivity index (χ3n) is 3.95. The maximum Gasteiger partial charge on any atom is 0.288 e. The zero-order chi connectivity index (χ0) is 14.7. The van der Waals surface area contributed by atoms with E-state index in [-0.39, 0.29) is 17.8 Å². The summed E-state index contributed by atoms with van der Waals surface area (Å²) in [7, 11) is 2.11. The normalized spacial score (nSPS) is 22.3. The molecule has 0 bridgehead atoms. The van der Waals surface area contributed by atoms with E-state index >= 15 is 0 Å². The lowest BCUT2D eigenvalue weighted by molar-refractivity contribution is 0.0933. The Labute approximate surface area is 122 Å². The maximum atomic E-state index is 11.9. The van der Waals surface area contributed by atoms with Crippen molar-refractivity contribution in [1.82, 2.24) is 30.4 Å². The van der Waals surface area contributed by atoms with E-state index in [0.29, 0.717) is 12.5 Å². The molecule has 7 nitrogen and oxygen atoms in total. The minimum absolute atomic E-state index is 0.216. The zero-order valence-corrected chi connectivity index (χ0v) is 11.9. The largest absolute Gasteiger partial charge is 0.349 e. The van der Waals surface area contributed by atoms with Crippen molar-refractivity contribution in [2.75, 3.05) is 20.1 Å². The van der Waals surface area contributed by atoms with Crippen LogP contribution in [0, 0.1) is 5.92 Å². The van der Waals surface area contributed by atoms with Crippen molar-refractivity contribution >= 4 is 5.91 Å². The lowest BCUT2D eigenvalue weighted by atomic mass is 9.95. The van der Waals surface area contributed by atoms with Crippen molar-refractivity contribution in [3.8, 4) is 0 Å². The molecule has 0 saturated carbocycles. The highest BCUT2D eigenvalue weighted by Crippen LogP contribution is 2.35. The summed E-state index contributed by atoms with van der Waals surface area (Å²) < 4.78 is 0. The molecule has 1 aliphatic heterocycles. The molecule has 2 atom stereocenters. The first-order chi connectivity index (χ1) is 10.3. The molecule has 1 amide bonds. The highest BCUT2D eigenvalue weighted by atomic mass is 16.2. The van der Waals surface area contributed by atoms with E-state index in [9.17, 15) is 4.79 Å². The minimum Gasteiger partial charge on any atom is -0.349 e. The van der Waals surface area contributed by atoms with Crippen LogP contribution in [0.15, 0.2) is 30.9 Å². The molecule has 0 aliphatic carbocycles. The lowest BCUT2D eigenvalue weighted by Crippen LogP contribution is -2.33. The van der Waals surface area contributed by atoms with Crippen molar-refractivity contribution in [2.24, 2.45) is 5.92 Å². The van der Waals surface area contributed by atoms with Gasteiger partial charge in [0, 0.05) is 25.0 Å². The van der Waals surface area contributed by atoms with E-state index in [0.717, 1.165) is 13.0 Å². The number of carbonyl (C=O) groups excluding carboxylic acids is 1. The first-order valence-electron chi connectivity index (χ1n) is 6.99. The Morgan fingerprint density at radius 2 is 2.48 bits per heavy atom. The Morgan fingerprint density at radius 1 is 1.57 bits per heavy atom. The van der Waals surface area contributed by atoms with Gasteiger partial charge in [0.25, 0.3) is 5.91 Å². The minimum atomic E-state index is -0.216. The van der Waals surface area contributed by atoms with Gasteiger partial charge in [-0.1, -0.05) is 6.07 Å². The van der Waals surface area contributed by atoms with E-state index in [2.05, 4.69) is 43.5 Å². The summed E-state index contributed by atoms with van der Waals surface area (Å²) in [5, 5.41) is 9.18. The van der Waals surface area contributed by atoms with E-state index in [1.165, 1.54) is 11.9 Å². The third-order valence-corrected chi connectivity index (χ3v) is 3.95. The van der Waals surface area contributed by atoms with E-state index in [1.807, 2.05) is 12.3 Å². The van der Waals surface area contributed by atoms with Gasteiger partial charge < -0.3 is 5.32 Å². The number of nitrogens with zero attached hydrogens (tertiary/aromatic N) is 4. The first-order valence-corrected chi connectivity index (χ1v) is 6.99. The molecule has 1 saturated heterocycles. The molecule has 0 unspecified atom stereocenters. The Bertz CT molecular complexity index is 585. The van der Waals surface area contributed by atoms with Crippen LogP contribution >= 0.6 is 0 Å². The topological polar surface area (TPSA) is 86.8 Å². The van der Waals surface area contributed by atoms with Crippen LogP contribution in [0.1, 0.15) is 28.6 Å². The van der Waals surface area contributed by atoms with Gasteiger partial charge >= 0.3 is 0 Å². The van der Waals surface area contributed by atoms with E-state index in [1.54, 1.807) is 6.20 Å². The molecule has 3 rings (SSSR count). The zero-order valence-electron chi connectivity index (χ0n) is 11.9. The van der Waals surface area contributed by atoms with Gasteiger partial charge in [-0.25, -0.2) is 4.98 Å². The number of pyridine rings is 1. The van der Waals surface area contributed by atoms with Gasteiger partial charge in [-0.15, -0.1) is 0 Å². The number of hydrogen-bond donors (Lipinski definition) is 2. The fourth-order valence-corrected chi connectivity index (χ4v) is 2.94. The Morgan fingerprint density at radius 3 is 3.19 bits per heavy atom. The van der Waals surface area contributed by atoms with Crippen LogP contribution in [0.3, 0.4) is 0 Å². The summed E-state index contributed by atoms with van der Waals surface area (Å²) in [4.78, 5) is 22.3. The fraction of sp³-hybridized carbons (Fsp3) is 0.429. The van der Waals surface area contributed by atoms with Crippen LogP contribution in [0.5, 0.6) is 0 Å². The predicted molar refractivity (Wildman–Crippen MR) is 76.4 cm³/mol. The van der Waals surface area contributed by atoms with Crippen molar-refractivity contribution in [3.63, 3.8) is 0 Å². The van der Waals surface area contributed by atoms with Crippen molar-refractivity contribution in [3.05, 3.63) is 42.2 Å². The maximum absolute atomic E-state index is 11.9. The number of rotatable bonds is 4. The summed E-state index contributed by atoms with van der Waals surface area (Å²) in [5.41, 5.74) is 1.19. The van der Waals surface area contributed by atoms with Gasteiger partial charge in [0.05, 0.1) is 0 Å². The second-order valence-electron chi connectivity index (χ2n) is 5.30. The number of aromatic amines is 1. The number of nitrogens with one attached hydrogen (secondary N) is 2. The Balaban J connectivity index is 1.66. The van der Waals surface area contributed by atoms with Gasteiger partial charge in [0.15, 0.2) is 0 Å². The molecule has 110 valence electrons. The number of carbonyl (C=O) groups is 1. The first kappa shape index (κ1) is 13.7. The van der Waals surface area contributed by atoms with Crippen LogP contribution in [0.2, 0.25) is 0 Å². The molecular weight excluding hydrogens is 268 g/mol. The van der Waals surface area contributed by atoms with Gasteiger partial charge in [-0.3, -0.25) is 19.8 Å². The molecule has 2 aromatic rings. The SMILES string of the molecule is CN1CC[C@@H](CNC(=O)c2ncn[nH]2)[C@@H]1c1cccnc1.